The quantitative estimate of drug-likeness (QED) is 0.923. The van der Waals surface area contributed by atoms with Gasteiger partial charge in [-0.2, -0.15) is 0 Å². The van der Waals surface area contributed by atoms with E-state index in [1.54, 1.807) is 6.26 Å². The normalized spacial score (nSPS) is 16.9. The third kappa shape index (κ3) is 2.35. The summed E-state index contributed by atoms with van der Waals surface area (Å²) in [7, 11) is 0. The van der Waals surface area contributed by atoms with E-state index in [9.17, 15) is 4.79 Å². The number of nitrogens with one attached hydrogen (secondary N) is 1. The Morgan fingerprint density at radius 3 is 2.80 bits per heavy atom. The number of amides is 1. The molecule has 0 radical (unpaired) electrons. The summed E-state index contributed by atoms with van der Waals surface area (Å²) in [5, 5.41) is 3.18. The molecular weight excluding hydrogens is 252 g/mol. The van der Waals surface area contributed by atoms with Crippen LogP contribution in [0.25, 0.3) is 11.1 Å². The fourth-order valence-electron chi connectivity index (χ4n) is 3.18. The Morgan fingerprint density at radius 2 is 2.10 bits per heavy atom. The van der Waals surface area contributed by atoms with E-state index in [2.05, 4.69) is 23.7 Å². The molecule has 0 aromatic carbocycles. The predicted octanol–water partition coefficient (Wildman–Crippen LogP) is 3.88. The van der Waals surface area contributed by atoms with Crippen molar-refractivity contribution >= 4 is 17.0 Å². The van der Waals surface area contributed by atoms with Crippen molar-refractivity contribution in [3.8, 4) is 0 Å². The molecule has 1 aliphatic carbocycles. The first-order chi connectivity index (χ1) is 9.66. The standard InChI is InChI=1S/C16H22N2O2/c1-11(2)18-13-8-9-20-15(13)10-14(18)16(19)17-12-6-4-3-5-7-12/h8-12H,3-7H2,1-2H3,(H,17,19). The number of hydrogen-bond acceptors (Lipinski definition) is 2. The molecule has 20 heavy (non-hydrogen) atoms. The van der Waals surface area contributed by atoms with Crippen molar-refractivity contribution in [2.24, 2.45) is 0 Å². The monoisotopic (exact) mass is 274 g/mol. The van der Waals surface area contributed by atoms with Crippen molar-refractivity contribution in [1.82, 2.24) is 9.88 Å². The fraction of sp³-hybridized carbons (Fsp3) is 0.562. The highest BCUT2D eigenvalue weighted by molar-refractivity contribution is 5.97. The highest BCUT2D eigenvalue weighted by Gasteiger charge is 2.22. The molecule has 1 fully saturated rings. The lowest BCUT2D eigenvalue weighted by Gasteiger charge is -2.23. The van der Waals surface area contributed by atoms with Gasteiger partial charge < -0.3 is 14.3 Å². The van der Waals surface area contributed by atoms with E-state index >= 15 is 0 Å². The Kier molecular flexibility index (Phi) is 3.55. The zero-order valence-electron chi connectivity index (χ0n) is 12.2. The minimum absolute atomic E-state index is 0.0250. The van der Waals surface area contributed by atoms with Gasteiger partial charge in [0.25, 0.3) is 5.91 Å². The molecule has 1 aliphatic rings. The molecule has 2 aromatic heterocycles. The van der Waals surface area contributed by atoms with Crippen molar-refractivity contribution in [2.45, 2.75) is 58.0 Å². The minimum Gasteiger partial charge on any atom is -0.463 e. The Balaban J connectivity index is 1.86. The van der Waals surface area contributed by atoms with Crippen LogP contribution < -0.4 is 5.32 Å². The number of carbonyl (C=O) groups is 1. The molecule has 1 amide bonds. The molecule has 0 unspecified atom stereocenters. The summed E-state index contributed by atoms with van der Waals surface area (Å²) >= 11 is 0. The number of carbonyl (C=O) groups excluding carboxylic acids is 1. The van der Waals surface area contributed by atoms with E-state index in [1.165, 1.54) is 19.3 Å². The van der Waals surface area contributed by atoms with Crippen molar-refractivity contribution in [1.29, 1.82) is 0 Å². The van der Waals surface area contributed by atoms with E-state index in [4.69, 9.17) is 4.42 Å². The third-order valence-corrected chi connectivity index (χ3v) is 4.15. The van der Waals surface area contributed by atoms with Gasteiger partial charge in [-0.25, -0.2) is 0 Å². The topological polar surface area (TPSA) is 47.2 Å². The Hall–Kier alpha value is -1.71. The van der Waals surface area contributed by atoms with Crippen LogP contribution in [0.1, 0.15) is 62.5 Å². The molecule has 3 rings (SSSR count). The summed E-state index contributed by atoms with van der Waals surface area (Å²) in [5.74, 6) is 0.0250. The highest BCUT2D eigenvalue weighted by atomic mass is 16.3. The maximum atomic E-state index is 12.5. The van der Waals surface area contributed by atoms with Crippen LogP contribution in [0.2, 0.25) is 0 Å². The lowest BCUT2D eigenvalue weighted by molar-refractivity contribution is 0.0917. The SMILES string of the molecule is CC(C)n1c(C(=O)NC2CCCCC2)cc2occc21. The lowest BCUT2D eigenvalue weighted by atomic mass is 9.95. The average Bonchev–Trinajstić information content (AvgIpc) is 2.98. The van der Waals surface area contributed by atoms with Gasteiger partial charge in [-0.1, -0.05) is 19.3 Å². The van der Waals surface area contributed by atoms with Crippen LogP contribution in [0.4, 0.5) is 0 Å². The molecule has 1 saturated carbocycles. The molecule has 0 spiro atoms. The smallest absolute Gasteiger partial charge is 0.268 e. The lowest BCUT2D eigenvalue weighted by Crippen LogP contribution is -2.37. The van der Waals surface area contributed by atoms with Crippen LogP contribution in [0.5, 0.6) is 0 Å². The fourth-order valence-corrected chi connectivity index (χ4v) is 3.18. The van der Waals surface area contributed by atoms with E-state index in [0.717, 1.165) is 23.9 Å². The molecule has 108 valence electrons. The number of rotatable bonds is 3. The Bertz CT molecular complexity index is 603. The predicted molar refractivity (Wildman–Crippen MR) is 78.9 cm³/mol. The summed E-state index contributed by atoms with van der Waals surface area (Å²) in [4.78, 5) is 12.5. The molecule has 0 bridgehead atoms. The van der Waals surface area contributed by atoms with Crippen LogP contribution in [-0.4, -0.2) is 16.5 Å². The highest BCUT2D eigenvalue weighted by Crippen LogP contribution is 2.25. The first-order valence-electron chi connectivity index (χ1n) is 7.56. The summed E-state index contributed by atoms with van der Waals surface area (Å²) in [6, 6.07) is 4.34. The molecule has 2 aromatic rings. The average molecular weight is 274 g/mol. The van der Waals surface area contributed by atoms with Crippen molar-refractivity contribution in [3.63, 3.8) is 0 Å². The summed E-state index contributed by atoms with van der Waals surface area (Å²) in [5.41, 5.74) is 2.49. The molecule has 2 heterocycles. The molecule has 4 nitrogen and oxygen atoms in total. The van der Waals surface area contributed by atoms with Gasteiger partial charge in [0.15, 0.2) is 5.58 Å². The van der Waals surface area contributed by atoms with Gasteiger partial charge in [-0.15, -0.1) is 0 Å². The van der Waals surface area contributed by atoms with Crippen molar-refractivity contribution in [2.75, 3.05) is 0 Å². The molecule has 1 N–H and O–H groups in total. The van der Waals surface area contributed by atoms with E-state index in [-0.39, 0.29) is 11.9 Å². The second-order valence-corrected chi connectivity index (χ2v) is 5.97. The second kappa shape index (κ2) is 5.35. The van der Waals surface area contributed by atoms with Gasteiger partial charge in [0.05, 0.1) is 11.8 Å². The van der Waals surface area contributed by atoms with Gasteiger partial charge >= 0.3 is 0 Å². The molecule has 4 heteroatoms. The largest absolute Gasteiger partial charge is 0.463 e. The van der Waals surface area contributed by atoms with Crippen LogP contribution >= 0.6 is 0 Å². The summed E-state index contributed by atoms with van der Waals surface area (Å²) in [6.07, 6.45) is 7.61. The zero-order valence-corrected chi connectivity index (χ0v) is 12.2. The maximum absolute atomic E-state index is 12.5. The maximum Gasteiger partial charge on any atom is 0.268 e. The van der Waals surface area contributed by atoms with Crippen LogP contribution in [-0.2, 0) is 0 Å². The van der Waals surface area contributed by atoms with E-state index < -0.39 is 0 Å². The van der Waals surface area contributed by atoms with E-state index in [1.807, 2.05) is 12.1 Å². The Labute approximate surface area is 119 Å². The number of nitrogens with zero attached hydrogens (tertiary/aromatic N) is 1. The molecule has 0 atom stereocenters. The first kappa shape index (κ1) is 13.3. The molecule has 0 aliphatic heterocycles. The first-order valence-corrected chi connectivity index (χ1v) is 7.56. The van der Waals surface area contributed by atoms with Crippen LogP contribution in [0, 0.1) is 0 Å². The number of aromatic nitrogens is 1. The zero-order chi connectivity index (χ0) is 14.1. The van der Waals surface area contributed by atoms with Gasteiger partial charge in [-0.05, 0) is 26.7 Å². The van der Waals surface area contributed by atoms with Crippen LogP contribution in [0.15, 0.2) is 22.8 Å². The van der Waals surface area contributed by atoms with Gasteiger partial charge in [0.1, 0.15) is 5.69 Å². The molecule has 0 saturated heterocycles. The number of fused-ring (bicyclic) bond motifs is 1. The summed E-state index contributed by atoms with van der Waals surface area (Å²) < 4.78 is 7.48. The third-order valence-electron chi connectivity index (χ3n) is 4.15. The number of hydrogen-bond donors (Lipinski definition) is 1. The van der Waals surface area contributed by atoms with Gasteiger partial charge in [-0.3, -0.25) is 4.79 Å². The minimum atomic E-state index is 0.0250. The second-order valence-electron chi connectivity index (χ2n) is 5.97. The van der Waals surface area contributed by atoms with Crippen LogP contribution in [0.3, 0.4) is 0 Å². The van der Waals surface area contributed by atoms with Crippen molar-refractivity contribution < 1.29 is 9.21 Å². The van der Waals surface area contributed by atoms with Crippen molar-refractivity contribution in [3.05, 3.63) is 24.1 Å². The van der Waals surface area contributed by atoms with E-state index in [0.29, 0.717) is 11.7 Å². The summed E-state index contributed by atoms with van der Waals surface area (Å²) in [6.45, 7) is 4.17. The van der Waals surface area contributed by atoms with Gasteiger partial charge in [0.2, 0.25) is 0 Å². The Morgan fingerprint density at radius 1 is 1.35 bits per heavy atom. The molecular formula is C16H22N2O2. The van der Waals surface area contributed by atoms with Gasteiger partial charge in [0, 0.05) is 24.2 Å². The number of furan rings is 1.